The van der Waals surface area contributed by atoms with E-state index in [4.69, 9.17) is 0 Å². The normalized spacial score (nSPS) is 24.6. The van der Waals surface area contributed by atoms with Crippen molar-refractivity contribution in [2.75, 3.05) is 26.2 Å². The molecule has 0 unspecified atom stereocenters. The lowest BCUT2D eigenvalue weighted by atomic mass is 9.95. The molecule has 2 fully saturated rings. The molecule has 5 heteroatoms. The van der Waals surface area contributed by atoms with Crippen LogP contribution in [0.1, 0.15) is 54.4 Å². The van der Waals surface area contributed by atoms with Gasteiger partial charge in [-0.1, -0.05) is 24.3 Å². The molecule has 1 atom stereocenters. The summed E-state index contributed by atoms with van der Waals surface area (Å²) in [5.41, 5.74) is 3.10. The van der Waals surface area contributed by atoms with Crippen molar-refractivity contribution >= 4 is 0 Å². The van der Waals surface area contributed by atoms with Gasteiger partial charge in [0, 0.05) is 25.6 Å². The van der Waals surface area contributed by atoms with Gasteiger partial charge in [0.15, 0.2) is 0 Å². The Morgan fingerprint density at radius 2 is 1.70 bits per heavy atom. The lowest BCUT2D eigenvalue weighted by Crippen LogP contribution is -2.43. The second kappa shape index (κ2) is 7.36. The number of hydrogen-bond acceptors (Lipinski definition) is 4. The lowest BCUT2D eigenvalue weighted by Gasteiger charge is -2.36. The van der Waals surface area contributed by atoms with E-state index in [9.17, 15) is 0 Å². The van der Waals surface area contributed by atoms with E-state index in [2.05, 4.69) is 55.9 Å². The maximum absolute atomic E-state index is 4.64. The van der Waals surface area contributed by atoms with Gasteiger partial charge in [0.2, 0.25) is 0 Å². The molecular formula is C22H31N5. The highest BCUT2D eigenvalue weighted by atomic mass is 15.3. The molecule has 0 bridgehead atoms. The summed E-state index contributed by atoms with van der Waals surface area (Å²) in [5, 5.41) is 9.20. The molecule has 27 heavy (non-hydrogen) atoms. The first-order chi connectivity index (χ1) is 13.3. The summed E-state index contributed by atoms with van der Waals surface area (Å²) >= 11 is 0. The topological polar surface area (TPSA) is 37.2 Å². The smallest absolute Gasteiger partial charge is 0.146 e. The van der Waals surface area contributed by atoms with Gasteiger partial charge in [-0.25, -0.2) is 0 Å². The van der Waals surface area contributed by atoms with Crippen LogP contribution >= 0.6 is 0 Å². The van der Waals surface area contributed by atoms with Crippen LogP contribution in [-0.4, -0.2) is 56.8 Å². The highest BCUT2D eigenvalue weighted by molar-refractivity contribution is 5.33. The van der Waals surface area contributed by atoms with Gasteiger partial charge in [-0.3, -0.25) is 9.80 Å². The van der Waals surface area contributed by atoms with Gasteiger partial charge in [-0.05, 0) is 69.3 Å². The number of hydrogen-bond donors (Lipinski definition) is 0. The van der Waals surface area contributed by atoms with Crippen LogP contribution in [0.3, 0.4) is 0 Å². The van der Waals surface area contributed by atoms with E-state index in [1.54, 1.807) is 11.1 Å². The van der Waals surface area contributed by atoms with Gasteiger partial charge in [0.25, 0.3) is 0 Å². The lowest BCUT2D eigenvalue weighted by molar-refractivity contribution is 0.148. The summed E-state index contributed by atoms with van der Waals surface area (Å²) < 4.78 is 2.29. The van der Waals surface area contributed by atoms with E-state index in [0.717, 1.165) is 18.9 Å². The largest absolute Gasteiger partial charge is 0.317 e. The Bertz CT molecular complexity index is 767. The summed E-state index contributed by atoms with van der Waals surface area (Å²) in [5.74, 6) is 2.86. The molecule has 0 radical (unpaired) electrons. The van der Waals surface area contributed by atoms with Gasteiger partial charge in [-0.2, -0.15) is 0 Å². The van der Waals surface area contributed by atoms with Crippen LogP contribution < -0.4 is 0 Å². The molecule has 2 aliphatic heterocycles. The van der Waals surface area contributed by atoms with Gasteiger partial charge in [0.1, 0.15) is 11.6 Å². The van der Waals surface area contributed by atoms with Gasteiger partial charge >= 0.3 is 0 Å². The average Bonchev–Trinajstić information content (AvgIpc) is 3.43. The molecule has 0 N–H and O–H groups in total. The summed E-state index contributed by atoms with van der Waals surface area (Å²) in [6, 6.07) is 9.65. The van der Waals surface area contributed by atoms with E-state index in [-0.39, 0.29) is 0 Å². The van der Waals surface area contributed by atoms with Crippen LogP contribution in [0.2, 0.25) is 0 Å². The SMILES string of the molecule is Cn1c(CN2CCCC2)nnc1[C@@H]1CCCN(C2Cc3ccccc3C2)C1. The van der Waals surface area contributed by atoms with E-state index >= 15 is 0 Å². The highest BCUT2D eigenvalue weighted by Crippen LogP contribution is 2.32. The number of fused-ring (bicyclic) bond motifs is 1. The van der Waals surface area contributed by atoms with E-state index in [0.29, 0.717) is 12.0 Å². The summed E-state index contributed by atoms with van der Waals surface area (Å²) in [4.78, 5) is 5.24. The third kappa shape index (κ3) is 3.43. The number of benzene rings is 1. The number of aromatic nitrogens is 3. The number of rotatable bonds is 4. The van der Waals surface area contributed by atoms with E-state index < -0.39 is 0 Å². The van der Waals surface area contributed by atoms with Gasteiger partial charge in [0.05, 0.1) is 6.54 Å². The van der Waals surface area contributed by atoms with E-state index in [1.807, 2.05) is 0 Å². The van der Waals surface area contributed by atoms with Crippen molar-refractivity contribution in [1.82, 2.24) is 24.6 Å². The molecule has 2 saturated heterocycles. The molecule has 3 aliphatic rings. The zero-order chi connectivity index (χ0) is 18.2. The molecular weight excluding hydrogens is 334 g/mol. The monoisotopic (exact) mass is 365 g/mol. The Labute approximate surface area is 162 Å². The molecule has 2 aromatic rings. The summed E-state index contributed by atoms with van der Waals surface area (Å²) in [7, 11) is 2.17. The molecule has 5 nitrogen and oxygen atoms in total. The predicted molar refractivity (Wildman–Crippen MR) is 107 cm³/mol. The fourth-order valence-corrected chi connectivity index (χ4v) is 5.35. The Morgan fingerprint density at radius 1 is 0.963 bits per heavy atom. The first-order valence-electron chi connectivity index (χ1n) is 10.7. The molecule has 5 rings (SSSR count). The fourth-order valence-electron chi connectivity index (χ4n) is 5.35. The van der Waals surface area contributed by atoms with E-state index in [1.165, 1.54) is 64.0 Å². The molecule has 144 valence electrons. The third-order valence-electron chi connectivity index (χ3n) is 6.93. The van der Waals surface area contributed by atoms with Crippen LogP contribution in [0.15, 0.2) is 24.3 Å². The number of piperidine rings is 1. The quantitative estimate of drug-likeness (QED) is 0.835. The molecule has 1 aliphatic carbocycles. The molecule has 1 aromatic carbocycles. The minimum Gasteiger partial charge on any atom is -0.317 e. The standard InChI is InChI=1S/C22H31N5/c1-25-21(16-26-10-4-5-11-26)23-24-22(25)19-9-6-12-27(15-19)20-13-17-7-2-3-8-18(17)14-20/h2-3,7-8,19-20H,4-6,9-16H2,1H3/t19-/m1/s1. The van der Waals surface area contributed by atoms with Crippen molar-refractivity contribution < 1.29 is 0 Å². The maximum atomic E-state index is 4.64. The third-order valence-corrected chi connectivity index (χ3v) is 6.93. The first-order valence-corrected chi connectivity index (χ1v) is 10.7. The van der Waals surface area contributed by atoms with Crippen LogP contribution in [-0.2, 0) is 26.4 Å². The van der Waals surface area contributed by atoms with Crippen molar-refractivity contribution in [3.63, 3.8) is 0 Å². The average molecular weight is 366 g/mol. The second-order valence-electron chi connectivity index (χ2n) is 8.68. The van der Waals surface area contributed by atoms with Crippen LogP contribution in [0.5, 0.6) is 0 Å². The Hall–Kier alpha value is -1.72. The van der Waals surface area contributed by atoms with Crippen LogP contribution in [0.25, 0.3) is 0 Å². The fraction of sp³-hybridized carbons (Fsp3) is 0.636. The number of likely N-dealkylation sites (tertiary alicyclic amines) is 2. The number of nitrogens with zero attached hydrogens (tertiary/aromatic N) is 5. The summed E-state index contributed by atoms with van der Waals surface area (Å²) in [6.45, 7) is 5.74. The summed E-state index contributed by atoms with van der Waals surface area (Å²) in [6.07, 6.45) is 7.58. The minimum absolute atomic E-state index is 0.521. The molecule has 1 aromatic heterocycles. The van der Waals surface area contributed by atoms with Crippen LogP contribution in [0, 0.1) is 0 Å². The van der Waals surface area contributed by atoms with Crippen molar-refractivity contribution in [2.45, 2.75) is 57.0 Å². The highest BCUT2D eigenvalue weighted by Gasteiger charge is 2.32. The zero-order valence-electron chi connectivity index (χ0n) is 16.5. The van der Waals surface area contributed by atoms with Gasteiger partial charge in [-0.15, -0.1) is 10.2 Å². The first kappa shape index (κ1) is 17.4. The Balaban J connectivity index is 1.27. The predicted octanol–water partition coefficient (Wildman–Crippen LogP) is 2.76. The molecule has 0 saturated carbocycles. The van der Waals surface area contributed by atoms with Gasteiger partial charge < -0.3 is 4.57 Å². The molecule has 3 heterocycles. The van der Waals surface area contributed by atoms with Crippen molar-refractivity contribution in [3.8, 4) is 0 Å². The van der Waals surface area contributed by atoms with Crippen LogP contribution in [0.4, 0.5) is 0 Å². The Morgan fingerprint density at radius 3 is 2.44 bits per heavy atom. The van der Waals surface area contributed by atoms with Crippen molar-refractivity contribution in [3.05, 3.63) is 47.0 Å². The maximum Gasteiger partial charge on any atom is 0.146 e. The Kier molecular flexibility index (Phi) is 4.74. The minimum atomic E-state index is 0.521. The van der Waals surface area contributed by atoms with Crippen molar-refractivity contribution in [2.24, 2.45) is 7.05 Å². The second-order valence-corrected chi connectivity index (χ2v) is 8.68. The molecule has 0 amide bonds. The molecule has 0 spiro atoms. The van der Waals surface area contributed by atoms with Crippen molar-refractivity contribution in [1.29, 1.82) is 0 Å². The zero-order valence-corrected chi connectivity index (χ0v) is 16.5.